The topological polar surface area (TPSA) is 54.8 Å². The molecule has 0 radical (unpaired) electrons. The highest BCUT2D eigenvalue weighted by atomic mass is 15.2. The van der Waals surface area contributed by atoms with E-state index in [1.807, 2.05) is 18.2 Å². The van der Waals surface area contributed by atoms with E-state index in [0.717, 1.165) is 28.2 Å². The Morgan fingerprint density at radius 2 is 0.971 bits per heavy atom. The minimum Gasteiger partial charge on any atom is -0.308 e. The van der Waals surface area contributed by atoms with Gasteiger partial charge in [-0.1, -0.05) is 56.3 Å². The number of rotatable bonds is 3. The third kappa shape index (κ3) is 3.09. The molecule has 0 bridgehead atoms. The highest BCUT2D eigenvalue weighted by Crippen LogP contribution is 2.54. The number of aromatic nitrogens is 4. The third-order valence-corrected chi connectivity index (χ3v) is 6.51. The first-order valence-corrected chi connectivity index (χ1v) is 11.3. The first-order chi connectivity index (χ1) is 16.7. The number of para-hydroxylation sites is 3. The van der Waals surface area contributed by atoms with Crippen LogP contribution in [0, 0.1) is 0 Å². The Morgan fingerprint density at radius 1 is 0.529 bits per heavy atom. The van der Waals surface area contributed by atoms with Crippen LogP contribution in [0.4, 0.5) is 17.1 Å². The summed E-state index contributed by atoms with van der Waals surface area (Å²) in [5.74, 6) is 1.32. The van der Waals surface area contributed by atoms with E-state index in [1.54, 1.807) is 24.8 Å². The molecule has 0 amide bonds. The second-order valence-corrected chi connectivity index (χ2v) is 8.84. The zero-order chi connectivity index (χ0) is 23.1. The van der Waals surface area contributed by atoms with Gasteiger partial charge in [0, 0.05) is 41.3 Å². The quantitative estimate of drug-likeness (QED) is 0.311. The van der Waals surface area contributed by atoms with Crippen molar-refractivity contribution in [1.82, 2.24) is 19.9 Å². The van der Waals surface area contributed by atoms with Crippen LogP contribution in [0.25, 0.3) is 22.8 Å². The summed E-state index contributed by atoms with van der Waals surface area (Å²) in [6, 6.07) is 27.1. The molecular weight excluding hydrogens is 418 g/mol. The van der Waals surface area contributed by atoms with E-state index in [-0.39, 0.29) is 5.41 Å². The Balaban J connectivity index is 1.73. The highest BCUT2D eigenvalue weighted by molar-refractivity contribution is 5.97. The summed E-state index contributed by atoms with van der Waals surface area (Å²) in [6.07, 6.45) is 7.11. The molecule has 5 nitrogen and oxygen atoms in total. The third-order valence-electron chi connectivity index (χ3n) is 6.51. The Bertz CT molecular complexity index is 1370. The lowest BCUT2D eigenvalue weighted by Crippen LogP contribution is -2.31. The van der Waals surface area contributed by atoms with E-state index in [9.17, 15) is 0 Å². The minimum absolute atomic E-state index is 0.148. The number of hydrogen-bond donors (Lipinski definition) is 0. The number of anilines is 3. The summed E-state index contributed by atoms with van der Waals surface area (Å²) >= 11 is 0. The Kier molecular flexibility index (Phi) is 4.69. The molecular formula is C29H23N5. The van der Waals surface area contributed by atoms with E-state index in [2.05, 4.69) is 99.3 Å². The number of fused-ring (bicyclic) bond motifs is 2. The molecule has 164 valence electrons. The van der Waals surface area contributed by atoms with Gasteiger partial charge in [-0.25, -0.2) is 19.9 Å². The van der Waals surface area contributed by atoms with Gasteiger partial charge >= 0.3 is 0 Å². The second-order valence-electron chi connectivity index (χ2n) is 8.84. The monoisotopic (exact) mass is 441 g/mol. The van der Waals surface area contributed by atoms with Crippen LogP contribution in [-0.2, 0) is 5.41 Å². The molecule has 34 heavy (non-hydrogen) atoms. The van der Waals surface area contributed by atoms with Gasteiger partial charge in [0.2, 0.25) is 0 Å². The average molecular weight is 442 g/mol. The van der Waals surface area contributed by atoms with Crippen LogP contribution in [0.3, 0.4) is 0 Å². The van der Waals surface area contributed by atoms with Crippen LogP contribution in [0.2, 0.25) is 0 Å². The van der Waals surface area contributed by atoms with Gasteiger partial charge in [-0.05, 0) is 47.5 Å². The van der Waals surface area contributed by atoms with Gasteiger partial charge in [0.1, 0.15) is 0 Å². The second kappa shape index (κ2) is 7.89. The molecule has 1 aliphatic rings. The van der Waals surface area contributed by atoms with Gasteiger partial charge in [0.05, 0.1) is 17.1 Å². The molecule has 0 atom stereocenters. The summed E-state index contributed by atoms with van der Waals surface area (Å²) in [6.45, 7) is 4.57. The Hall–Kier alpha value is -4.38. The normalized spacial score (nSPS) is 13.8. The van der Waals surface area contributed by atoms with Gasteiger partial charge in [-0.2, -0.15) is 0 Å². The average Bonchev–Trinajstić information content (AvgIpc) is 2.90. The van der Waals surface area contributed by atoms with E-state index < -0.39 is 0 Å². The fourth-order valence-corrected chi connectivity index (χ4v) is 4.93. The van der Waals surface area contributed by atoms with Crippen molar-refractivity contribution in [2.45, 2.75) is 19.3 Å². The van der Waals surface area contributed by atoms with Crippen molar-refractivity contribution < 1.29 is 0 Å². The molecule has 0 fully saturated rings. The molecule has 0 aliphatic carbocycles. The highest BCUT2D eigenvalue weighted by Gasteiger charge is 2.38. The zero-order valence-corrected chi connectivity index (χ0v) is 19.1. The van der Waals surface area contributed by atoms with Crippen molar-refractivity contribution in [3.8, 4) is 22.8 Å². The van der Waals surface area contributed by atoms with E-state index >= 15 is 0 Å². The standard InChI is InChI=1S/C29H23N5/c1-29(2)22-12-3-5-14-24(22)34(25-15-6-4-13-23(25)29)26-20(27-30-16-8-17-31-27)10-7-11-21(26)28-32-18-9-19-33-28/h3-19H,1-2H3. The van der Waals surface area contributed by atoms with Crippen molar-refractivity contribution >= 4 is 17.1 Å². The molecule has 0 unspecified atom stereocenters. The predicted octanol–water partition coefficient (Wildman–Crippen LogP) is 6.71. The van der Waals surface area contributed by atoms with Gasteiger partial charge in [-0.3, -0.25) is 0 Å². The molecule has 5 aromatic rings. The molecule has 3 aromatic carbocycles. The van der Waals surface area contributed by atoms with Crippen LogP contribution in [-0.4, -0.2) is 19.9 Å². The van der Waals surface area contributed by atoms with Crippen LogP contribution in [0.1, 0.15) is 25.0 Å². The first-order valence-electron chi connectivity index (χ1n) is 11.3. The number of nitrogens with zero attached hydrogens (tertiary/aromatic N) is 5. The van der Waals surface area contributed by atoms with Crippen LogP contribution < -0.4 is 4.90 Å². The molecule has 2 aromatic heterocycles. The smallest absolute Gasteiger partial charge is 0.161 e. The maximum absolute atomic E-state index is 4.60. The van der Waals surface area contributed by atoms with Gasteiger partial charge in [-0.15, -0.1) is 0 Å². The zero-order valence-electron chi connectivity index (χ0n) is 19.1. The first kappa shape index (κ1) is 20.2. The maximum Gasteiger partial charge on any atom is 0.161 e. The Labute approximate surface area is 198 Å². The van der Waals surface area contributed by atoms with Crippen LogP contribution >= 0.6 is 0 Å². The SMILES string of the molecule is CC1(C)c2ccccc2N(c2c(-c3ncccn3)cccc2-c2ncccn2)c2ccccc21. The van der Waals surface area contributed by atoms with E-state index in [4.69, 9.17) is 0 Å². The summed E-state index contributed by atoms with van der Waals surface area (Å²) in [5, 5.41) is 0. The molecule has 0 spiro atoms. The van der Waals surface area contributed by atoms with E-state index in [0.29, 0.717) is 11.6 Å². The van der Waals surface area contributed by atoms with Crippen molar-refractivity contribution in [2.75, 3.05) is 4.90 Å². The van der Waals surface area contributed by atoms with Crippen molar-refractivity contribution in [3.05, 3.63) is 115 Å². The van der Waals surface area contributed by atoms with Crippen molar-refractivity contribution in [3.63, 3.8) is 0 Å². The lowest BCUT2D eigenvalue weighted by Gasteiger charge is -2.42. The minimum atomic E-state index is -0.148. The molecule has 6 rings (SSSR count). The summed E-state index contributed by atoms with van der Waals surface area (Å²) < 4.78 is 0. The van der Waals surface area contributed by atoms with Gasteiger partial charge in [0.25, 0.3) is 0 Å². The summed E-state index contributed by atoms with van der Waals surface area (Å²) in [5.41, 5.74) is 7.46. The summed E-state index contributed by atoms with van der Waals surface area (Å²) in [7, 11) is 0. The molecule has 0 saturated carbocycles. The Morgan fingerprint density at radius 3 is 1.44 bits per heavy atom. The fourth-order valence-electron chi connectivity index (χ4n) is 4.93. The lowest BCUT2D eigenvalue weighted by molar-refractivity contribution is 0.632. The predicted molar refractivity (Wildman–Crippen MR) is 135 cm³/mol. The number of hydrogen-bond acceptors (Lipinski definition) is 5. The van der Waals surface area contributed by atoms with Gasteiger partial charge < -0.3 is 4.90 Å². The molecule has 1 aliphatic heterocycles. The van der Waals surface area contributed by atoms with Crippen molar-refractivity contribution in [2.24, 2.45) is 0 Å². The summed E-state index contributed by atoms with van der Waals surface area (Å²) in [4.78, 5) is 20.7. The fraction of sp³-hybridized carbons (Fsp3) is 0.103. The maximum atomic E-state index is 4.60. The largest absolute Gasteiger partial charge is 0.308 e. The molecule has 3 heterocycles. The molecule has 5 heteroatoms. The lowest BCUT2D eigenvalue weighted by atomic mass is 9.73. The van der Waals surface area contributed by atoms with Crippen molar-refractivity contribution in [1.29, 1.82) is 0 Å². The van der Waals surface area contributed by atoms with Crippen LogP contribution in [0.15, 0.2) is 104 Å². The number of benzene rings is 3. The van der Waals surface area contributed by atoms with Crippen LogP contribution in [0.5, 0.6) is 0 Å². The molecule has 0 N–H and O–H groups in total. The molecule has 0 saturated heterocycles. The van der Waals surface area contributed by atoms with E-state index in [1.165, 1.54) is 11.1 Å². The van der Waals surface area contributed by atoms with Gasteiger partial charge in [0.15, 0.2) is 11.6 Å².